The third-order valence-electron chi connectivity index (χ3n) is 4.40. The summed E-state index contributed by atoms with van der Waals surface area (Å²) < 4.78 is 45.0. The number of hydrogen-bond donors (Lipinski definition) is 4. The first-order chi connectivity index (χ1) is 13.1. The number of urea groups is 1. The van der Waals surface area contributed by atoms with Crippen molar-refractivity contribution in [3.63, 3.8) is 0 Å². The van der Waals surface area contributed by atoms with Crippen molar-refractivity contribution in [2.75, 3.05) is 7.11 Å². The number of rotatable bonds is 4. The van der Waals surface area contributed by atoms with Crippen molar-refractivity contribution in [3.05, 3.63) is 46.2 Å². The van der Waals surface area contributed by atoms with Gasteiger partial charge in [0.05, 0.1) is 18.0 Å². The van der Waals surface area contributed by atoms with Gasteiger partial charge in [0.1, 0.15) is 5.92 Å². The number of methoxy groups -OCH3 is 1. The number of nitrogens with one attached hydrogen (secondary N) is 2. The highest BCUT2D eigenvalue weighted by molar-refractivity contribution is 7.10. The van der Waals surface area contributed by atoms with Crippen LogP contribution in [0.3, 0.4) is 0 Å². The fourth-order valence-electron chi connectivity index (χ4n) is 3.14. The third kappa shape index (κ3) is 3.38. The number of carbonyl (C=O) groups is 2. The van der Waals surface area contributed by atoms with E-state index in [-0.39, 0.29) is 21.9 Å². The number of aliphatic hydroxyl groups is 1. The van der Waals surface area contributed by atoms with Crippen molar-refractivity contribution in [1.29, 1.82) is 0 Å². The smallest absolute Gasteiger partial charge is 0.450 e. The Morgan fingerprint density at radius 2 is 2.04 bits per heavy atom. The molecule has 1 aliphatic rings. The molecule has 0 bridgehead atoms. The van der Waals surface area contributed by atoms with E-state index in [4.69, 9.17) is 4.74 Å². The first-order valence-corrected chi connectivity index (χ1v) is 8.79. The maximum atomic E-state index is 13.4. The molecule has 1 aliphatic heterocycles. The van der Waals surface area contributed by atoms with Crippen LogP contribution in [0, 0.1) is 5.92 Å². The normalized spacial score (nSPS) is 25.0. The van der Waals surface area contributed by atoms with Gasteiger partial charge in [-0.3, -0.25) is 4.79 Å². The summed E-state index contributed by atoms with van der Waals surface area (Å²) in [7, 11) is 1.24. The van der Waals surface area contributed by atoms with Crippen LogP contribution >= 0.6 is 11.3 Å². The maximum absolute atomic E-state index is 13.4. The standard InChI is InChI=1S/C17H15F3N2O5S/c1-27-10-7-8(4-5-9(10)23)13-12(14(24)17(18,19)20)16(26,22-15(25)21-13)11-3-2-6-28-11/h2-7,12-13,23,26H,1H3,(H2,21,22,25)/t12-,13-,16+/m0/s1. The van der Waals surface area contributed by atoms with E-state index in [0.717, 1.165) is 17.4 Å². The van der Waals surface area contributed by atoms with E-state index in [1.165, 1.54) is 36.8 Å². The number of ether oxygens (including phenoxy) is 1. The van der Waals surface area contributed by atoms with Crippen LogP contribution in [0.15, 0.2) is 35.7 Å². The summed E-state index contributed by atoms with van der Waals surface area (Å²) in [5.74, 6) is -4.69. The predicted molar refractivity (Wildman–Crippen MR) is 91.8 cm³/mol. The van der Waals surface area contributed by atoms with E-state index in [2.05, 4.69) is 10.6 Å². The van der Waals surface area contributed by atoms with Gasteiger partial charge in [0, 0.05) is 0 Å². The molecule has 150 valence electrons. The number of ketones is 1. The van der Waals surface area contributed by atoms with Gasteiger partial charge < -0.3 is 25.6 Å². The van der Waals surface area contributed by atoms with E-state index in [0.29, 0.717) is 0 Å². The molecule has 28 heavy (non-hydrogen) atoms. The van der Waals surface area contributed by atoms with Crippen LogP contribution in [0.4, 0.5) is 18.0 Å². The summed E-state index contributed by atoms with van der Waals surface area (Å²) in [6, 6.07) is 3.88. The summed E-state index contributed by atoms with van der Waals surface area (Å²) in [6.45, 7) is 0. The second-order valence-corrected chi connectivity index (χ2v) is 7.04. The van der Waals surface area contributed by atoms with E-state index in [1.807, 2.05) is 0 Å². The zero-order valence-electron chi connectivity index (χ0n) is 14.3. The van der Waals surface area contributed by atoms with Crippen molar-refractivity contribution in [2.45, 2.75) is 17.9 Å². The van der Waals surface area contributed by atoms with Crippen LogP contribution in [0.25, 0.3) is 0 Å². The molecule has 11 heteroatoms. The third-order valence-corrected chi connectivity index (χ3v) is 5.39. The molecule has 3 rings (SSSR count). The Kier molecular flexibility index (Phi) is 4.98. The molecule has 0 spiro atoms. The van der Waals surface area contributed by atoms with Crippen molar-refractivity contribution < 1.29 is 37.7 Å². The van der Waals surface area contributed by atoms with E-state index >= 15 is 0 Å². The van der Waals surface area contributed by atoms with E-state index < -0.39 is 35.7 Å². The van der Waals surface area contributed by atoms with Crippen LogP contribution < -0.4 is 15.4 Å². The Labute approximate surface area is 160 Å². The van der Waals surface area contributed by atoms with Gasteiger partial charge in [-0.1, -0.05) is 12.1 Å². The number of alkyl halides is 3. The SMILES string of the molecule is COc1cc([C@@H]2NC(=O)N[C@@](O)(c3cccs3)[C@@H]2C(=O)C(F)(F)F)ccc1O. The van der Waals surface area contributed by atoms with Gasteiger partial charge in [0.15, 0.2) is 17.2 Å². The average molecular weight is 416 g/mol. The molecule has 0 unspecified atom stereocenters. The number of Topliss-reactive ketones (excluding diaryl/α,β-unsaturated/α-hetero) is 1. The quantitative estimate of drug-likeness (QED) is 0.612. The fraction of sp³-hybridized carbons (Fsp3) is 0.294. The van der Waals surface area contributed by atoms with E-state index in [1.54, 1.807) is 0 Å². The molecule has 3 atom stereocenters. The topological polar surface area (TPSA) is 108 Å². The molecular weight excluding hydrogens is 401 g/mol. The number of hydrogen-bond acceptors (Lipinski definition) is 6. The van der Waals surface area contributed by atoms with Crippen LogP contribution in [-0.2, 0) is 10.5 Å². The van der Waals surface area contributed by atoms with Gasteiger partial charge >= 0.3 is 12.2 Å². The molecule has 1 fully saturated rings. The lowest BCUT2D eigenvalue weighted by molar-refractivity contribution is -0.190. The molecule has 1 aromatic heterocycles. The lowest BCUT2D eigenvalue weighted by Crippen LogP contribution is -2.66. The number of thiophene rings is 1. The molecule has 1 aromatic carbocycles. The zero-order valence-corrected chi connectivity index (χ0v) is 15.1. The number of amides is 2. The fourth-order valence-corrected chi connectivity index (χ4v) is 3.96. The minimum Gasteiger partial charge on any atom is -0.504 e. The molecule has 2 amide bonds. The maximum Gasteiger partial charge on any atom is 0.450 e. The molecule has 2 aromatic rings. The number of phenols is 1. The number of carbonyl (C=O) groups excluding carboxylic acids is 2. The highest BCUT2D eigenvalue weighted by Crippen LogP contribution is 2.45. The summed E-state index contributed by atoms with van der Waals surface area (Å²) in [4.78, 5) is 24.4. The second-order valence-electron chi connectivity index (χ2n) is 6.09. The molecule has 7 nitrogen and oxygen atoms in total. The number of benzene rings is 1. The van der Waals surface area contributed by atoms with Gasteiger partial charge in [0.25, 0.3) is 0 Å². The number of phenolic OH excluding ortho intramolecular Hbond substituents is 1. The average Bonchev–Trinajstić information content (AvgIpc) is 3.15. The number of aromatic hydroxyl groups is 1. The second kappa shape index (κ2) is 6.99. The monoisotopic (exact) mass is 416 g/mol. The minimum atomic E-state index is -5.26. The lowest BCUT2D eigenvalue weighted by atomic mass is 9.78. The van der Waals surface area contributed by atoms with Gasteiger partial charge in [-0.25, -0.2) is 4.79 Å². The van der Waals surface area contributed by atoms with Gasteiger partial charge in [0.2, 0.25) is 5.78 Å². The Hall–Kier alpha value is -2.79. The lowest BCUT2D eigenvalue weighted by Gasteiger charge is -2.44. The largest absolute Gasteiger partial charge is 0.504 e. The highest BCUT2D eigenvalue weighted by atomic mass is 32.1. The molecule has 0 saturated carbocycles. The van der Waals surface area contributed by atoms with Gasteiger partial charge in [-0.05, 0) is 29.1 Å². The van der Waals surface area contributed by atoms with Crippen LogP contribution in [0.2, 0.25) is 0 Å². The summed E-state index contributed by atoms with van der Waals surface area (Å²) in [5.41, 5.74) is -2.54. The predicted octanol–water partition coefficient (Wildman–Crippen LogP) is 2.41. The first kappa shape index (κ1) is 20.0. The van der Waals surface area contributed by atoms with Crippen LogP contribution in [0.5, 0.6) is 11.5 Å². The van der Waals surface area contributed by atoms with Crippen molar-refractivity contribution in [2.24, 2.45) is 5.92 Å². The Bertz CT molecular complexity index is 903. The van der Waals surface area contributed by atoms with Crippen molar-refractivity contribution >= 4 is 23.2 Å². The highest BCUT2D eigenvalue weighted by Gasteiger charge is 2.59. The van der Waals surface area contributed by atoms with Gasteiger partial charge in [-0.15, -0.1) is 11.3 Å². The Morgan fingerprint density at radius 1 is 1.32 bits per heavy atom. The first-order valence-electron chi connectivity index (χ1n) is 7.91. The summed E-state index contributed by atoms with van der Waals surface area (Å²) >= 11 is 0.893. The number of halogens is 3. The zero-order chi connectivity index (χ0) is 20.7. The molecule has 0 radical (unpaired) electrons. The minimum absolute atomic E-state index is 0.0271. The van der Waals surface area contributed by atoms with Crippen molar-refractivity contribution in [3.8, 4) is 11.5 Å². The van der Waals surface area contributed by atoms with Crippen molar-refractivity contribution in [1.82, 2.24) is 10.6 Å². The van der Waals surface area contributed by atoms with Crippen LogP contribution in [0.1, 0.15) is 16.5 Å². The molecule has 1 saturated heterocycles. The molecular formula is C17H15F3N2O5S. The summed E-state index contributed by atoms with van der Waals surface area (Å²) in [6.07, 6.45) is -5.26. The Morgan fingerprint density at radius 3 is 2.61 bits per heavy atom. The van der Waals surface area contributed by atoms with Gasteiger partial charge in [-0.2, -0.15) is 13.2 Å². The van der Waals surface area contributed by atoms with Crippen LogP contribution in [-0.4, -0.2) is 35.3 Å². The van der Waals surface area contributed by atoms with E-state index in [9.17, 15) is 33.0 Å². The molecule has 2 heterocycles. The Balaban J connectivity index is 2.18. The summed E-state index contributed by atoms with van der Waals surface area (Å²) in [5, 5.41) is 26.6. The molecule has 0 aliphatic carbocycles. The molecule has 4 N–H and O–H groups in total.